The van der Waals surface area contributed by atoms with E-state index in [2.05, 4.69) is 13.8 Å². The van der Waals surface area contributed by atoms with E-state index < -0.39 is 5.60 Å². The van der Waals surface area contributed by atoms with E-state index in [1.165, 1.54) is 0 Å². The van der Waals surface area contributed by atoms with Gasteiger partial charge in [0.15, 0.2) is 0 Å². The van der Waals surface area contributed by atoms with Crippen molar-refractivity contribution in [2.45, 2.75) is 39.2 Å². The lowest BCUT2D eigenvalue weighted by Crippen LogP contribution is -2.30. The predicted octanol–water partition coefficient (Wildman–Crippen LogP) is 2.25. The summed E-state index contributed by atoms with van der Waals surface area (Å²) in [6.07, 6.45) is 3.22. The minimum absolute atomic E-state index is 0.241. The maximum atomic E-state index is 9.61. The maximum Gasteiger partial charge on any atom is 0.0944 e. The van der Waals surface area contributed by atoms with E-state index in [4.69, 9.17) is 0 Å². The molecule has 2 heteroatoms. The number of allylic oxidation sites excluding steroid dienone is 1. The van der Waals surface area contributed by atoms with Crippen LogP contribution in [-0.4, -0.2) is 15.8 Å². The molecule has 0 radical (unpaired) electrons. The zero-order valence-corrected chi connectivity index (χ0v) is 8.04. The Morgan fingerprint density at radius 1 is 1.58 bits per heavy atom. The molecule has 2 unspecified atom stereocenters. The van der Waals surface area contributed by atoms with Crippen LogP contribution in [0.4, 0.5) is 0 Å². The minimum atomic E-state index is -0.796. The Kier molecular flexibility index (Phi) is 2.47. The van der Waals surface area contributed by atoms with Gasteiger partial charge in [-0.1, -0.05) is 13.8 Å². The Bertz CT molecular complexity index is 192. The third-order valence-electron chi connectivity index (χ3n) is 2.60. The molecule has 0 amide bonds. The summed E-state index contributed by atoms with van der Waals surface area (Å²) in [6.45, 7) is 5.92. The molecule has 0 saturated heterocycles. The van der Waals surface area contributed by atoms with Crippen molar-refractivity contribution in [3.8, 4) is 0 Å². The monoisotopic (exact) mass is 170 g/mol. The second-order valence-electron chi connectivity index (χ2n) is 4.32. The molecule has 1 aliphatic rings. The quantitative estimate of drug-likeness (QED) is 0.633. The summed E-state index contributed by atoms with van der Waals surface area (Å²) in [5.41, 5.74) is -0.796. The first-order chi connectivity index (χ1) is 5.42. The van der Waals surface area contributed by atoms with E-state index >= 15 is 0 Å². The number of hydrogen-bond donors (Lipinski definition) is 2. The fourth-order valence-electron chi connectivity index (χ4n) is 1.77. The molecular formula is C10H18O2. The first-order valence-corrected chi connectivity index (χ1v) is 4.56. The van der Waals surface area contributed by atoms with Crippen molar-refractivity contribution in [3.05, 3.63) is 11.8 Å². The van der Waals surface area contributed by atoms with Gasteiger partial charge in [-0.15, -0.1) is 0 Å². The highest BCUT2D eigenvalue weighted by Crippen LogP contribution is 2.33. The molecule has 0 aromatic heterocycles. The van der Waals surface area contributed by atoms with Gasteiger partial charge >= 0.3 is 0 Å². The van der Waals surface area contributed by atoms with Gasteiger partial charge in [0.05, 0.1) is 11.4 Å². The Morgan fingerprint density at radius 3 is 2.58 bits per heavy atom. The number of hydrogen-bond acceptors (Lipinski definition) is 2. The van der Waals surface area contributed by atoms with Gasteiger partial charge in [-0.3, -0.25) is 0 Å². The molecule has 2 nitrogen and oxygen atoms in total. The maximum absolute atomic E-state index is 9.61. The van der Waals surface area contributed by atoms with Gasteiger partial charge in [-0.2, -0.15) is 0 Å². The van der Waals surface area contributed by atoms with E-state index in [0.29, 0.717) is 11.7 Å². The summed E-state index contributed by atoms with van der Waals surface area (Å²) in [4.78, 5) is 0. The highest BCUT2D eigenvalue weighted by molar-refractivity contribution is 5.11. The van der Waals surface area contributed by atoms with Crippen LogP contribution < -0.4 is 0 Å². The molecule has 1 aliphatic carbocycles. The smallest absolute Gasteiger partial charge is 0.0944 e. The SMILES string of the molecule is CC(C)C1CCC(C)(O)C=C1O. The Balaban J connectivity index is 2.76. The molecule has 0 spiro atoms. The van der Waals surface area contributed by atoms with E-state index in [9.17, 15) is 10.2 Å². The van der Waals surface area contributed by atoms with E-state index in [0.717, 1.165) is 12.8 Å². The van der Waals surface area contributed by atoms with Crippen LogP contribution in [-0.2, 0) is 0 Å². The third kappa shape index (κ3) is 2.01. The summed E-state index contributed by atoms with van der Waals surface area (Å²) in [6, 6.07) is 0. The van der Waals surface area contributed by atoms with Crippen molar-refractivity contribution < 1.29 is 10.2 Å². The zero-order valence-electron chi connectivity index (χ0n) is 8.04. The molecule has 0 saturated carbocycles. The highest BCUT2D eigenvalue weighted by Gasteiger charge is 2.30. The molecule has 12 heavy (non-hydrogen) atoms. The van der Waals surface area contributed by atoms with Crippen molar-refractivity contribution in [1.82, 2.24) is 0 Å². The summed E-state index contributed by atoms with van der Waals surface area (Å²) < 4.78 is 0. The molecule has 0 aromatic rings. The van der Waals surface area contributed by atoms with Crippen LogP contribution >= 0.6 is 0 Å². The van der Waals surface area contributed by atoms with Crippen molar-refractivity contribution in [2.75, 3.05) is 0 Å². The van der Waals surface area contributed by atoms with Crippen LogP contribution in [0, 0.1) is 11.8 Å². The highest BCUT2D eigenvalue weighted by atomic mass is 16.3. The summed E-state index contributed by atoms with van der Waals surface area (Å²) in [7, 11) is 0. The van der Waals surface area contributed by atoms with Gasteiger partial charge in [-0.05, 0) is 31.8 Å². The van der Waals surface area contributed by atoms with Gasteiger partial charge in [0, 0.05) is 5.92 Å². The second-order valence-corrected chi connectivity index (χ2v) is 4.32. The van der Waals surface area contributed by atoms with Crippen LogP contribution in [0.25, 0.3) is 0 Å². The van der Waals surface area contributed by atoms with E-state index in [1.807, 2.05) is 0 Å². The van der Waals surface area contributed by atoms with Crippen LogP contribution in [0.3, 0.4) is 0 Å². The molecule has 70 valence electrons. The second kappa shape index (κ2) is 3.09. The molecule has 0 aromatic carbocycles. The van der Waals surface area contributed by atoms with E-state index in [1.54, 1.807) is 13.0 Å². The van der Waals surface area contributed by atoms with Gasteiger partial charge in [-0.25, -0.2) is 0 Å². The zero-order chi connectivity index (χ0) is 9.35. The fourth-order valence-corrected chi connectivity index (χ4v) is 1.77. The van der Waals surface area contributed by atoms with Crippen molar-refractivity contribution >= 4 is 0 Å². The van der Waals surface area contributed by atoms with Gasteiger partial charge in [0.1, 0.15) is 0 Å². The minimum Gasteiger partial charge on any atom is -0.512 e. The van der Waals surface area contributed by atoms with Gasteiger partial charge in [0.2, 0.25) is 0 Å². The molecule has 0 aliphatic heterocycles. The number of rotatable bonds is 1. The topological polar surface area (TPSA) is 40.5 Å². The molecule has 1 rings (SSSR count). The van der Waals surface area contributed by atoms with Gasteiger partial charge < -0.3 is 10.2 Å². The lowest BCUT2D eigenvalue weighted by molar-refractivity contribution is 0.0677. The first-order valence-electron chi connectivity index (χ1n) is 4.56. The lowest BCUT2D eigenvalue weighted by Gasteiger charge is -2.31. The largest absolute Gasteiger partial charge is 0.512 e. The molecule has 0 heterocycles. The average molecular weight is 170 g/mol. The molecule has 2 atom stereocenters. The standard InChI is InChI=1S/C10H18O2/c1-7(2)8-4-5-10(3,12)6-9(8)11/h6-8,11-12H,4-5H2,1-3H3. The van der Waals surface area contributed by atoms with Crippen LogP contribution in [0.2, 0.25) is 0 Å². The van der Waals surface area contributed by atoms with Gasteiger partial charge in [0.25, 0.3) is 0 Å². The molecule has 0 bridgehead atoms. The fraction of sp³-hybridized carbons (Fsp3) is 0.800. The van der Waals surface area contributed by atoms with E-state index in [-0.39, 0.29) is 5.92 Å². The first kappa shape index (κ1) is 9.59. The number of aliphatic hydroxyl groups excluding tert-OH is 1. The summed E-state index contributed by atoms with van der Waals surface area (Å²) >= 11 is 0. The van der Waals surface area contributed by atoms with Crippen LogP contribution in [0.1, 0.15) is 33.6 Å². The van der Waals surface area contributed by atoms with Crippen molar-refractivity contribution in [1.29, 1.82) is 0 Å². The number of aliphatic hydroxyl groups is 2. The average Bonchev–Trinajstić information content (AvgIpc) is 1.83. The van der Waals surface area contributed by atoms with Crippen LogP contribution in [0.15, 0.2) is 11.8 Å². The summed E-state index contributed by atoms with van der Waals surface area (Å²) in [5.74, 6) is 1.06. The van der Waals surface area contributed by atoms with Crippen LogP contribution in [0.5, 0.6) is 0 Å². The Morgan fingerprint density at radius 2 is 2.17 bits per heavy atom. The predicted molar refractivity (Wildman–Crippen MR) is 48.9 cm³/mol. The summed E-state index contributed by atoms with van der Waals surface area (Å²) in [5, 5.41) is 19.2. The Labute approximate surface area is 73.9 Å². The van der Waals surface area contributed by atoms with Crippen molar-refractivity contribution in [3.63, 3.8) is 0 Å². The molecule has 0 fully saturated rings. The normalized spacial score (nSPS) is 36.8. The van der Waals surface area contributed by atoms with Crippen molar-refractivity contribution in [2.24, 2.45) is 11.8 Å². The lowest BCUT2D eigenvalue weighted by atomic mass is 9.79. The Hall–Kier alpha value is -0.500. The molecule has 2 N–H and O–H groups in total. The molecular weight excluding hydrogens is 152 g/mol. The third-order valence-corrected chi connectivity index (χ3v) is 2.60.